The van der Waals surface area contributed by atoms with Crippen LogP contribution in [-0.4, -0.2) is 45.9 Å². The minimum atomic E-state index is -0.161. The van der Waals surface area contributed by atoms with Gasteiger partial charge >= 0.3 is 0 Å². The van der Waals surface area contributed by atoms with E-state index in [4.69, 9.17) is 0 Å². The van der Waals surface area contributed by atoms with Gasteiger partial charge in [0.2, 0.25) is 5.91 Å². The third kappa shape index (κ3) is 3.69. The molecule has 0 bridgehead atoms. The van der Waals surface area contributed by atoms with Gasteiger partial charge < -0.3 is 10.2 Å². The van der Waals surface area contributed by atoms with Gasteiger partial charge in [0.15, 0.2) is 0 Å². The normalized spacial score (nSPS) is 13.9. The third-order valence-electron chi connectivity index (χ3n) is 4.94. The van der Waals surface area contributed by atoms with Crippen molar-refractivity contribution in [3.05, 3.63) is 60.4 Å². The summed E-state index contributed by atoms with van der Waals surface area (Å²) in [5.74, 6) is -0.0404. The molecule has 1 fully saturated rings. The van der Waals surface area contributed by atoms with E-state index in [1.165, 1.54) is 0 Å². The number of nitrogens with one attached hydrogen (secondary N) is 1. The van der Waals surface area contributed by atoms with Crippen molar-refractivity contribution in [3.63, 3.8) is 0 Å². The Bertz CT molecular complexity index is 956. The molecule has 138 valence electrons. The number of hydrogen-bond donors (Lipinski definition) is 1. The van der Waals surface area contributed by atoms with Crippen LogP contribution in [0.15, 0.2) is 54.9 Å². The number of benzene rings is 2. The summed E-state index contributed by atoms with van der Waals surface area (Å²) >= 11 is 0. The van der Waals surface area contributed by atoms with E-state index in [9.17, 15) is 9.59 Å². The molecule has 1 aliphatic rings. The Kier molecular flexibility index (Phi) is 4.87. The summed E-state index contributed by atoms with van der Waals surface area (Å²) < 4.78 is 1.99. The number of imidazole rings is 1. The molecular formula is C21H22N4O2. The maximum atomic E-state index is 12.3. The molecule has 0 aliphatic carbocycles. The van der Waals surface area contributed by atoms with Gasteiger partial charge in [0.1, 0.15) is 6.33 Å². The van der Waals surface area contributed by atoms with Crippen molar-refractivity contribution < 1.29 is 9.59 Å². The van der Waals surface area contributed by atoms with Crippen molar-refractivity contribution in [3.8, 4) is 5.69 Å². The highest BCUT2D eigenvalue weighted by molar-refractivity contribution is 5.94. The second-order valence-corrected chi connectivity index (χ2v) is 6.74. The lowest BCUT2D eigenvalue weighted by molar-refractivity contribution is -0.129. The summed E-state index contributed by atoms with van der Waals surface area (Å²) in [5.41, 5.74) is 3.48. The van der Waals surface area contributed by atoms with Crippen LogP contribution in [0, 0.1) is 0 Å². The fourth-order valence-electron chi connectivity index (χ4n) is 3.45. The first kappa shape index (κ1) is 17.3. The van der Waals surface area contributed by atoms with Gasteiger partial charge in [0.05, 0.1) is 11.0 Å². The van der Waals surface area contributed by atoms with Crippen LogP contribution in [0.1, 0.15) is 29.6 Å². The zero-order valence-corrected chi connectivity index (χ0v) is 15.1. The number of para-hydroxylation sites is 2. The molecule has 1 N–H and O–H groups in total. The van der Waals surface area contributed by atoms with Crippen molar-refractivity contribution in [1.82, 2.24) is 19.8 Å². The van der Waals surface area contributed by atoms with Crippen molar-refractivity contribution in [2.75, 3.05) is 19.6 Å². The molecule has 0 saturated carbocycles. The second-order valence-electron chi connectivity index (χ2n) is 6.74. The van der Waals surface area contributed by atoms with Gasteiger partial charge in [-0.15, -0.1) is 0 Å². The number of fused-ring (bicyclic) bond motifs is 1. The Morgan fingerprint density at radius 2 is 1.74 bits per heavy atom. The topological polar surface area (TPSA) is 67.2 Å². The van der Waals surface area contributed by atoms with Crippen molar-refractivity contribution in [2.45, 2.75) is 19.3 Å². The fourth-order valence-corrected chi connectivity index (χ4v) is 3.45. The Morgan fingerprint density at radius 1 is 1.00 bits per heavy atom. The molecule has 2 aromatic carbocycles. The molecular weight excluding hydrogens is 340 g/mol. The number of hydrogen-bond acceptors (Lipinski definition) is 3. The van der Waals surface area contributed by atoms with Crippen molar-refractivity contribution >= 4 is 22.8 Å². The Balaban J connectivity index is 1.37. The van der Waals surface area contributed by atoms with Gasteiger partial charge in [-0.1, -0.05) is 12.1 Å². The van der Waals surface area contributed by atoms with Gasteiger partial charge in [0.25, 0.3) is 5.91 Å². The molecule has 2 amide bonds. The van der Waals surface area contributed by atoms with Gasteiger partial charge in [-0.05, 0) is 49.2 Å². The Hall–Kier alpha value is -3.15. The molecule has 1 aromatic heterocycles. The smallest absolute Gasteiger partial charge is 0.251 e. The first-order valence-corrected chi connectivity index (χ1v) is 9.31. The molecule has 3 aromatic rings. The van der Waals surface area contributed by atoms with Crippen LogP contribution >= 0.6 is 0 Å². The molecule has 0 radical (unpaired) electrons. The zero-order valence-electron chi connectivity index (χ0n) is 15.1. The molecule has 4 rings (SSSR count). The van der Waals surface area contributed by atoms with Gasteiger partial charge in [-0.25, -0.2) is 4.98 Å². The van der Waals surface area contributed by atoms with Crippen LogP contribution < -0.4 is 5.32 Å². The first-order chi connectivity index (χ1) is 13.2. The van der Waals surface area contributed by atoms with Crippen LogP contribution in [-0.2, 0) is 4.79 Å². The number of aromatic nitrogens is 2. The maximum absolute atomic E-state index is 12.3. The second kappa shape index (κ2) is 7.61. The minimum absolute atomic E-state index is 0.120. The molecule has 2 heterocycles. The van der Waals surface area contributed by atoms with E-state index >= 15 is 0 Å². The maximum Gasteiger partial charge on any atom is 0.251 e. The van der Waals surface area contributed by atoms with Crippen LogP contribution in [0.5, 0.6) is 0 Å². The lowest BCUT2D eigenvalue weighted by Gasteiger charge is -2.15. The van der Waals surface area contributed by atoms with Gasteiger partial charge in [-0.2, -0.15) is 0 Å². The van der Waals surface area contributed by atoms with Crippen LogP contribution in [0.2, 0.25) is 0 Å². The average Bonchev–Trinajstić information content (AvgIpc) is 3.38. The molecule has 6 nitrogen and oxygen atoms in total. The number of carbonyl (C=O) groups is 2. The summed E-state index contributed by atoms with van der Waals surface area (Å²) in [5, 5.41) is 2.83. The summed E-state index contributed by atoms with van der Waals surface area (Å²) in [6.45, 7) is 2.05. The van der Waals surface area contributed by atoms with E-state index in [2.05, 4.69) is 10.3 Å². The minimum Gasteiger partial charge on any atom is -0.352 e. The first-order valence-electron chi connectivity index (χ1n) is 9.31. The lowest BCUT2D eigenvalue weighted by Crippen LogP contribution is -2.32. The van der Waals surface area contributed by atoms with E-state index in [1.54, 1.807) is 18.5 Å². The highest BCUT2D eigenvalue weighted by Gasteiger charge is 2.17. The summed E-state index contributed by atoms with van der Waals surface area (Å²) in [6, 6.07) is 15.3. The van der Waals surface area contributed by atoms with Crippen molar-refractivity contribution in [1.29, 1.82) is 0 Å². The molecule has 1 aliphatic heterocycles. The van der Waals surface area contributed by atoms with Crippen LogP contribution in [0.3, 0.4) is 0 Å². The average molecular weight is 362 g/mol. The molecule has 1 saturated heterocycles. The largest absolute Gasteiger partial charge is 0.352 e. The van der Waals surface area contributed by atoms with Crippen LogP contribution in [0.25, 0.3) is 16.7 Å². The molecule has 0 unspecified atom stereocenters. The lowest BCUT2D eigenvalue weighted by atomic mass is 10.2. The number of carbonyl (C=O) groups excluding carboxylic acids is 2. The number of amides is 2. The monoisotopic (exact) mass is 362 g/mol. The predicted octanol–water partition coefficient (Wildman–Crippen LogP) is 2.77. The molecule has 0 atom stereocenters. The zero-order chi connectivity index (χ0) is 18.6. The van der Waals surface area contributed by atoms with E-state index in [1.807, 2.05) is 45.9 Å². The fraction of sp³-hybridized carbons (Fsp3) is 0.286. The van der Waals surface area contributed by atoms with E-state index in [0.717, 1.165) is 42.7 Å². The highest BCUT2D eigenvalue weighted by Crippen LogP contribution is 2.18. The third-order valence-corrected chi connectivity index (χ3v) is 4.94. The van der Waals surface area contributed by atoms with E-state index < -0.39 is 0 Å². The van der Waals surface area contributed by atoms with Gasteiger partial charge in [0, 0.05) is 37.3 Å². The molecule has 27 heavy (non-hydrogen) atoms. The number of likely N-dealkylation sites (tertiary alicyclic amines) is 1. The number of nitrogens with zero attached hydrogens (tertiary/aromatic N) is 3. The van der Waals surface area contributed by atoms with Crippen molar-refractivity contribution in [2.24, 2.45) is 0 Å². The van der Waals surface area contributed by atoms with E-state index in [-0.39, 0.29) is 11.8 Å². The summed E-state index contributed by atoms with van der Waals surface area (Å²) in [6.07, 6.45) is 4.29. The molecule has 0 spiro atoms. The summed E-state index contributed by atoms with van der Waals surface area (Å²) in [7, 11) is 0. The van der Waals surface area contributed by atoms with Gasteiger partial charge in [-0.3, -0.25) is 14.2 Å². The summed E-state index contributed by atoms with van der Waals surface area (Å²) in [4.78, 5) is 30.6. The van der Waals surface area contributed by atoms with E-state index in [0.29, 0.717) is 18.5 Å². The standard InChI is InChI=1S/C21H22N4O2/c26-20(24-13-3-4-14-24)11-12-22-21(27)16-7-9-17(10-8-16)25-15-23-18-5-1-2-6-19(18)25/h1-2,5-10,15H,3-4,11-14H2,(H,22,27). The Labute approximate surface area is 157 Å². The predicted molar refractivity (Wildman–Crippen MR) is 104 cm³/mol. The Morgan fingerprint density at radius 3 is 2.52 bits per heavy atom. The van der Waals surface area contributed by atoms with Crippen LogP contribution in [0.4, 0.5) is 0 Å². The molecule has 6 heteroatoms. The quantitative estimate of drug-likeness (QED) is 0.759. The SMILES string of the molecule is O=C(NCCC(=O)N1CCCC1)c1ccc(-n2cnc3ccccc32)cc1. The number of rotatable bonds is 5. The highest BCUT2D eigenvalue weighted by atomic mass is 16.2.